The second-order valence-corrected chi connectivity index (χ2v) is 4.46. The van der Waals surface area contributed by atoms with Gasteiger partial charge in [0, 0.05) is 25.0 Å². The molecule has 2 atom stereocenters. The van der Waals surface area contributed by atoms with Crippen molar-refractivity contribution >= 4 is 17.3 Å². The lowest BCUT2D eigenvalue weighted by molar-refractivity contribution is -0.123. The van der Waals surface area contributed by atoms with E-state index in [4.69, 9.17) is 10.5 Å². The van der Waals surface area contributed by atoms with E-state index in [2.05, 4.69) is 0 Å². The molecule has 2 N–H and O–H groups in total. The van der Waals surface area contributed by atoms with Crippen LogP contribution in [-0.4, -0.2) is 25.7 Å². The largest absolute Gasteiger partial charge is 0.399 e. The highest BCUT2D eigenvalue weighted by molar-refractivity contribution is 5.95. The molecule has 1 aromatic rings. The second-order valence-electron chi connectivity index (χ2n) is 4.46. The average Bonchev–Trinajstić information content (AvgIpc) is 2.73. The number of nitrogens with zero attached hydrogens (tertiary/aromatic N) is 1. The number of rotatable bonds is 2. The summed E-state index contributed by atoms with van der Waals surface area (Å²) >= 11 is 0. The zero-order chi connectivity index (χ0) is 12.4. The van der Waals surface area contributed by atoms with Gasteiger partial charge in [-0.15, -0.1) is 0 Å². The van der Waals surface area contributed by atoms with E-state index in [-0.39, 0.29) is 17.9 Å². The van der Waals surface area contributed by atoms with E-state index >= 15 is 0 Å². The molecule has 0 saturated carbocycles. The van der Waals surface area contributed by atoms with Gasteiger partial charge in [-0.2, -0.15) is 0 Å². The molecule has 1 aliphatic rings. The summed E-state index contributed by atoms with van der Waals surface area (Å²) in [7, 11) is 1.78. The van der Waals surface area contributed by atoms with Crippen molar-refractivity contribution in [3.63, 3.8) is 0 Å². The van der Waals surface area contributed by atoms with Crippen molar-refractivity contribution in [2.75, 3.05) is 24.3 Å². The first-order chi connectivity index (χ1) is 8.09. The Morgan fingerprint density at radius 3 is 2.88 bits per heavy atom. The number of carbonyl (C=O) groups is 1. The average molecular weight is 234 g/mol. The number of ether oxygens (including phenoxy) is 1. The molecule has 4 nitrogen and oxygen atoms in total. The Hall–Kier alpha value is -1.55. The van der Waals surface area contributed by atoms with Crippen LogP contribution in [0.2, 0.25) is 0 Å². The van der Waals surface area contributed by atoms with Crippen LogP contribution in [0.1, 0.15) is 13.3 Å². The molecule has 0 aromatic heterocycles. The SMILES string of the molecule is CC1OCCC1C(=O)N(C)c1cccc(N)c1. The summed E-state index contributed by atoms with van der Waals surface area (Å²) in [6, 6.07) is 7.35. The molecular weight excluding hydrogens is 216 g/mol. The molecule has 1 saturated heterocycles. The molecule has 17 heavy (non-hydrogen) atoms. The molecule has 0 radical (unpaired) electrons. The molecule has 1 heterocycles. The zero-order valence-corrected chi connectivity index (χ0v) is 10.2. The Balaban J connectivity index is 2.14. The van der Waals surface area contributed by atoms with E-state index < -0.39 is 0 Å². The molecule has 2 unspecified atom stereocenters. The van der Waals surface area contributed by atoms with Crippen molar-refractivity contribution in [1.82, 2.24) is 0 Å². The maximum atomic E-state index is 12.3. The zero-order valence-electron chi connectivity index (χ0n) is 10.2. The van der Waals surface area contributed by atoms with E-state index in [9.17, 15) is 4.79 Å². The minimum atomic E-state index is -0.0403. The molecule has 1 fully saturated rings. The van der Waals surface area contributed by atoms with Gasteiger partial charge in [0.05, 0.1) is 12.0 Å². The van der Waals surface area contributed by atoms with E-state index in [1.807, 2.05) is 25.1 Å². The van der Waals surface area contributed by atoms with Crippen LogP contribution < -0.4 is 10.6 Å². The van der Waals surface area contributed by atoms with Crippen molar-refractivity contribution in [1.29, 1.82) is 0 Å². The Kier molecular flexibility index (Phi) is 3.33. The van der Waals surface area contributed by atoms with Crippen LogP contribution in [0.15, 0.2) is 24.3 Å². The number of hydrogen-bond acceptors (Lipinski definition) is 3. The number of amides is 1. The van der Waals surface area contributed by atoms with Crippen molar-refractivity contribution in [2.45, 2.75) is 19.4 Å². The molecular formula is C13H18N2O2. The lowest BCUT2D eigenvalue weighted by atomic mass is 10.0. The first-order valence-corrected chi connectivity index (χ1v) is 5.84. The van der Waals surface area contributed by atoms with Crippen LogP contribution in [-0.2, 0) is 9.53 Å². The molecule has 2 rings (SSSR count). The van der Waals surface area contributed by atoms with E-state index in [0.29, 0.717) is 12.3 Å². The summed E-state index contributed by atoms with van der Waals surface area (Å²) in [6.45, 7) is 2.62. The molecule has 92 valence electrons. The maximum absolute atomic E-state index is 12.3. The van der Waals surface area contributed by atoms with E-state index in [1.54, 1.807) is 18.0 Å². The highest BCUT2D eigenvalue weighted by Crippen LogP contribution is 2.25. The lowest BCUT2D eigenvalue weighted by Crippen LogP contribution is -2.35. The van der Waals surface area contributed by atoms with Gasteiger partial charge in [-0.05, 0) is 31.5 Å². The number of hydrogen-bond donors (Lipinski definition) is 1. The van der Waals surface area contributed by atoms with Gasteiger partial charge in [0.1, 0.15) is 0 Å². The van der Waals surface area contributed by atoms with Gasteiger partial charge in [-0.25, -0.2) is 0 Å². The highest BCUT2D eigenvalue weighted by Gasteiger charge is 2.33. The summed E-state index contributed by atoms with van der Waals surface area (Å²) in [6.07, 6.45) is 0.804. The molecule has 0 aliphatic carbocycles. The van der Waals surface area contributed by atoms with Gasteiger partial charge in [-0.1, -0.05) is 6.07 Å². The van der Waals surface area contributed by atoms with E-state index in [1.165, 1.54) is 0 Å². The van der Waals surface area contributed by atoms with Crippen LogP contribution in [0.25, 0.3) is 0 Å². The summed E-state index contributed by atoms with van der Waals surface area (Å²) < 4.78 is 5.42. The van der Waals surface area contributed by atoms with Gasteiger partial charge < -0.3 is 15.4 Å². The number of carbonyl (C=O) groups excluding carboxylic acids is 1. The monoisotopic (exact) mass is 234 g/mol. The smallest absolute Gasteiger partial charge is 0.232 e. The summed E-state index contributed by atoms with van der Waals surface area (Å²) in [4.78, 5) is 13.9. The molecule has 0 bridgehead atoms. The summed E-state index contributed by atoms with van der Waals surface area (Å²) in [5, 5.41) is 0. The predicted molar refractivity (Wildman–Crippen MR) is 67.8 cm³/mol. The van der Waals surface area contributed by atoms with Gasteiger partial charge in [-0.3, -0.25) is 4.79 Å². The quantitative estimate of drug-likeness (QED) is 0.792. The second kappa shape index (κ2) is 4.75. The van der Waals surface area contributed by atoms with Gasteiger partial charge in [0.2, 0.25) is 5.91 Å². The fourth-order valence-electron chi connectivity index (χ4n) is 2.17. The van der Waals surface area contributed by atoms with Crippen LogP contribution >= 0.6 is 0 Å². The maximum Gasteiger partial charge on any atom is 0.232 e. The van der Waals surface area contributed by atoms with Crippen LogP contribution in [0, 0.1) is 5.92 Å². The first kappa shape index (κ1) is 11.9. The van der Waals surface area contributed by atoms with Crippen LogP contribution in [0.4, 0.5) is 11.4 Å². The van der Waals surface area contributed by atoms with Crippen molar-refractivity contribution in [3.05, 3.63) is 24.3 Å². The molecule has 1 aliphatic heterocycles. The fraction of sp³-hybridized carbons (Fsp3) is 0.462. The number of nitrogens with two attached hydrogens (primary N) is 1. The minimum Gasteiger partial charge on any atom is -0.399 e. The topological polar surface area (TPSA) is 55.6 Å². The van der Waals surface area contributed by atoms with Crippen molar-refractivity contribution < 1.29 is 9.53 Å². The third kappa shape index (κ3) is 2.42. The van der Waals surface area contributed by atoms with Crippen molar-refractivity contribution in [3.8, 4) is 0 Å². The molecule has 1 amide bonds. The predicted octanol–water partition coefficient (Wildman–Crippen LogP) is 1.66. The summed E-state index contributed by atoms with van der Waals surface area (Å²) in [5.74, 6) is 0.0574. The standard InChI is InChI=1S/C13H18N2O2/c1-9-12(6-7-17-9)13(16)15(2)11-5-3-4-10(14)8-11/h3-5,8-9,12H,6-7,14H2,1-2H3. The lowest BCUT2D eigenvalue weighted by Gasteiger charge is -2.23. The fourth-order valence-corrected chi connectivity index (χ4v) is 2.17. The van der Waals surface area contributed by atoms with Crippen molar-refractivity contribution in [2.24, 2.45) is 5.92 Å². The Labute approximate surface area is 101 Å². The van der Waals surface area contributed by atoms with Crippen LogP contribution in [0.3, 0.4) is 0 Å². The first-order valence-electron chi connectivity index (χ1n) is 5.84. The Morgan fingerprint density at radius 2 is 2.29 bits per heavy atom. The van der Waals surface area contributed by atoms with Crippen LogP contribution in [0.5, 0.6) is 0 Å². The van der Waals surface area contributed by atoms with E-state index in [0.717, 1.165) is 12.1 Å². The van der Waals surface area contributed by atoms with Gasteiger partial charge in [0.25, 0.3) is 0 Å². The third-order valence-corrected chi connectivity index (χ3v) is 3.28. The minimum absolute atomic E-state index is 0.00556. The number of nitrogen functional groups attached to an aromatic ring is 1. The Bertz CT molecular complexity index is 420. The Morgan fingerprint density at radius 1 is 1.53 bits per heavy atom. The summed E-state index contributed by atoms with van der Waals surface area (Å²) in [5.41, 5.74) is 7.21. The number of anilines is 2. The third-order valence-electron chi connectivity index (χ3n) is 3.28. The molecule has 0 spiro atoms. The highest BCUT2D eigenvalue weighted by atomic mass is 16.5. The number of benzene rings is 1. The van der Waals surface area contributed by atoms with Gasteiger partial charge >= 0.3 is 0 Å². The normalized spacial score (nSPS) is 23.6. The van der Waals surface area contributed by atoms with Gasteiger partial charge in [0.15, 0.2) is 0 Å². The molecule has 1 aromatic carbocycles. The molecule has 4 heteroatoms.